The largest absolute Gasteiger partial charge is 0.377 e. The van der Waals surface area contributed by atoms with Crippen LogP contribution in [-0.4, -0.2) is 20.2 Å². The predicted octanol–water partition coefficient (Wildman–Crippen LogP) is 3.02. The second kappa shape index (κ2) is 6.17. The predicted molar refractivity (Wildman–Crippen MR) is 85.6 cm³/mol. The highest BCUT2D eigenvalue weighted by Gasteiger charge is 2.08. The Balaban J connectivity index is 1.79. The van der Waals surface area contributed by atoms with Gasteiger partial charge in [-0.25, -0.2) is 4.39 Å². The minimum absolute atomic E-state index is 0.251. The van der Waals surface area contributed by atoms with Crippen molar-refractivity contribution in [3.05, 3.63) is 63.7 Å². The molecule has 2 aromatic carbocycles. The van der Waals surface area contributed by atoms with Crippen molar-refractivity contribution in [3.8, 4) is 5.69 Å². The van der Waals surface area contributed by atoms with Gasteiger partial charge in [0.15, 0.2) is 5.82 Å². The maximum atomic E-state index is 13.1. The molecule has 21 heavy (non-hydrogen) atoms. The summed E-state index contributed by atoms with van der Waals surface area (Å²) >= 11 is 2.09. The Kier molecular flexibility index (Phi) is 4.09. The molecule has 5 nitrogen and oxygen atoms in total. The van der Waals surface area contributed by atoms with Gasteiger partial charge in [0.25, 0.3) is 0 Å². The molecular formula is C14H11FIN5. The molecule has 0 unspecified atom stereocenters. The van der Waals surface area contributed by atoms with Gasteiger partial charge in [0.2, 0.25) is 0 Å². The molecule has 0 aliphatic carbocycles. The van der Waals surface area contributed by atoms with Crippen LogP contribution in [0.25, 0.3) is 5.69 Å². The molecule has 0 saturated heterocycles. The minimum atomic E-state index is -0.251. The Labute approximate surface area is 134 Å². The van der Waals surface area contributed by atoms with E-state index in [2.05, 4.69) is 43.4 Å². The third-order valence-electron chi connectivity index (χ3n) is 2.90. The van der Waals surface area contributed by atoms with Gasteiger partial charge in [0.1, 0.15) is 5.82 Å². The van der Waals surface area contributed by atoms with Crippen LogP contribution in [-0.2, 0) is 6.54 Å². The number of hydrogen-bond acceptors (Lipinski definition) is 4. The monoisotopic (exact) mass is 395 g/mol. The number of anilines is 1. The Bertz CT molecular complexity index is 744. The summed E-state index contributed by atoms with van der Waals surface area (Å²) in [7, 11) is 0. The van der Waals surface area contributed by atoms with Crippen LogP contribution in [0.15, 0.2) is 48.5 Å². The average molecular weight is 395 g/mol. The van der Waals surface area contributed by atoms with E-state index in [0.29, 0.717) is 12.4 Å². The fourth-order valence-electron chi connectivity index (χ4n) is 1.89. The standard InChI is InChI=1S/C14H11FIN5/c15-10-6-7-13(12(16)8-10)17-9-14-18-19-20-21(14)11-4-2-1-3-5-11/h1-8,17H,9H2. The van der Waals surface area contributed by atoms with Gasteiger partial charge in [-0.15, -0.1) is 5.10 Å². The molecule has 3 rings (SSSR count). The van der Waals surface area contributed by atoms with E-state index >= 15 is 0 Å². The van der Waals surface area contributed by atoms with Gasteiger partial charge in [-0.3, -0.25) is 0 Å². The van der Waals surface area contributed by atoms with E-state index in [4.69, 9.17) is 0 Å². The first-order valence-electron chi connectivity index (χ1n) is 6.25. The third-order valence-corrected chi connectivity index (χ3v) is 3.80. The number of tetrazole rings is 1. The summed E-state index contributed by atoms with van der Waals surface area (Å²) in [6.45, 7) is 0.448. The highest BCUT2D eigenvalue weighted by Crippen LogP contribution is 2.19. The molecule has 0 spiro atoms. The minimum Gasteiger partial charge on any atom is -0.377 e. The van der Waals surface area contributed by atoms with Crippen molar-refractivity contribution in [2.45, 2.75) is 6.54 Å². The van der Waals surface area contributed by atoms with Crippen LogP contribution in [0.5, 0.6) is 0 Å². The van der Waals surface area contributed by atoms with Crippen molar-refractivity contribution in [3.63, 3.8) is 0 Å². The summed E-state index contributed by atoms with van der Waals surface area (Å²) < 4.78 is 15.6. The summed E-state index contributed by atoms with van der Waals surface area (Å²) in [5.41, 5.74) is 1.74. The zero-order valence-corrected chi connectivity index (χ0v) is 13.0. The van der Waals surface area contributed by atoms with Crippen molar-refractivity contribution in [2.75, 3.05) is 5.32 Å². The molecule has 106 valence electrons. The number of rotatable bonds is 4. The summed E-state index contributed by atoms with van der Waals surface area (Å²) in [4.78, 5) is 0. The second-order valence-corrected chi connectivity index (χ2v) is 5.48. The fraction of sp³-hybridized carbons (Fsp3) is 0.0714. The lowest BCUT2D eigenvalue weighted by Crippen LogP contribution is -2.09. The molecule has 0 radical (unpaired) electrons. The van der Waals surface area contributed by atoms with Gasteiger partial charge < -0.3 is 5.32 Å². The molecular weight excluding hydrogens is 384 g/mol. The van der Waals surface area contributed by atoms with Crippen LogP contribution in [0.2, 0.25) is 0 Å². The number of aromatic nitrogens is 4. The lowest BCUT2D eigenvalue weighted by Gasteiger charge is -2.09. The van der Waals surface area contributed by atoms with Crippen molar-refractivity contribution in [1.82, 2.24) is 20.2 Å². The summed E-state index contributed by atoms with van der Waals surface area (Å²) in [5, 5.41) is 14.9. The quantitative estimate of drug-likeness (QED) is 0.691. The Morgan fingerprint density at radius 2 is 1.95 bits per heavy atom. The highest BCUT2D eigenvalue weighted by molar-refractivity contribution is 14.1. The zero-order valence-electron chi connectivity index (χ0n) is 10.9. The van der Waals surface area contributed by atoms with Gasteiger partial charge in [-0.05, 0) is 63.3 Å². The van der Waals surface area contributed by atoms with Gasteiger partial charge in [0, 0.05) is 9.26 Å². The van der Waals surface area contributed by atoms with Crippen LogP contribution in [0.3, 0.4) is 0 Å². The maximum Gasteiger partial charge on any atom is 0.175 e. The summed E-state index contributed by atoms with van der Waals surface area (Å²) in [6.07, 6.45) is 0. The van der Waals surface area contributed by atoms with Crippen molar-refractivity contribution < 1.29 is 4.39 Å². The van der Waals surface area contributed by atoms with E-state index in [0.717, 1.165) is 14.9 Å². The molecule has 1 aromatic heterocycles. The molecule has 0 atom stereocenters. The van der Waals surface area contributed by atoms with Gasteiger partial charge in [-0.2, -0.15) is 4.68 Å². The molecule has 0 saturated carbocycles. The van der Waals surface area contributed by atoms with Crippen molar-refractivity contribution in [1.29, 1.82) is 0 Å². The first kappa shape index (κ1) is 13.9. The molecule has 3 aromatic rings. The molecule has 0 fully saturated rings. The lowest BCUT2D eigenvalue weighted by atomic mass is 10.3. The molecule has 1 N–H and O–H groups in total. The SMILES string of the molecule is Fc1ccc(NCc2nnnn2-c2ccccc2)c(I)c1. The van der Waals surface area contributed by atoms with Gasteiger partial charge in [0.05, 0.1) is 12.2 Å². The van der Waals surface area contributed by atoms with E-state index in [1.54, 1.807) is 10.7 Å². The van der Waals surface area contributed by atoms with Gasteiger partial charge in [-0.1, -0.05) is 18.2 Å². The van der Waals surface area contributed by atoms with E-state index in [1.165, 1.54) is 12.1 Å². The molecule has 0 amide bonds. The summed E-state index contributed by atoms with van der Waals surface area (Å²) in [5.74, 6) is 0.431. The normalized spacial score (nSPS) is 10.6. The first-order valence-corrected chi connectivity index (χ1v) is 7.33. The van der Waals surface area contributed by atoms with Crippen LogP contribution in [0, 0.1) is 9.39 Å². The topological polar surface area (TPSA) is 55.6 Å². The van der Waals surface area contributed by atoms with Gasteiger partial charge >= 0.3 is 0 Å². The highest BCUT2D eigenvalue weighted by atomic mass is 127. The average Bonchev–Trinajstić information content (AvgIpc) is 2.96. The number of benzene rings is 2. The van der Waals surface area contributed by atoms with Crippen LogP contribution < -0.4 is 5.32 Å². The third kappa shape index (κ3) is 3.18. The molecule has 0 aliphatic rings. The van der Waals surface area contributed by atoms with Crippen LogP contribution >= 0.6 is 22.6 Å². The molecule has 0 bridgehead atoms. The molecule has 1 heterocycles. The molecule has 0 aliphatic heterocycles. The van der Waals surface area contributed by atoms with Crippen LogP contribution in [0.1, 0.15) is 5.82 Å². The maximum absolute atomic E-state index is 13.1. The van der Waals surface area contributed by atoms with Crippen LogP contribution in [0.4, 0.5) is 10.1 Å². The number of para-hydroxylation sites is 1. The Hall–Kier alpha value is -2.03. The smallest absolute Gasteiger partial charge is 0.175 e. The molecule has 7 heteroatoms. The van der Waals surface area contributed by atoms with E-state index in [1.807, 2.05) is 30.3 Å². The van der Waals surface area contributed by atoms with Crippen molar-refractivity contribution >= 4 is 28.3 Å². The lowest BCUT2D eigenvalue weighted by molar-refractivity contribution is 0.627. The van der Waals surface area contributed by atoms with E-state index in [9.17, 15) is 4.39 Å². The Morgan fingerprint density at radius 3 is 2.71 bits per heavy atom. The number of hydrogen-bond donors (Lipinski definition) is 1. The van der Waals surface area contributed by atoms with E-state index < -0.39 is 0 Å². The fourth-order valence-corrected chi connectivity index (χ4v) is 2.56. The zero-order chi connectivity index (χ0) is 14.7. The summed E-state index contributed by atoms with van der Waals surface area (Å²) in [6, 6.07) is 14.3. The first-order chi connectivity index (χ1) is 10.2. The van der Waals surface area contributed by atoms with E-state index in [-0.39, 0.29) is 5.82 Å². The number of nitrogens with one attached hydrogen (secondary N) is 1. The number of nitrogens with zero attached hydrogens (tertiary/aromatic N) is 4. The number of halogens is 2. The Morgan fingerprint density at radius 1 is 1.14 bits per heavy atom. The van der Waals surface area contributed by atoms with Crippen molar-refractivity contribution in [2.24, 2.45) is 0 Å². The second-order valence-electron chi connectivity index (χ2n) is 4.32.